The fraction of sp³-hybridized carbons (Fsp3) is 1.00. The van der Waals surface area contributed by atoms with E-state index in [2.05, 4.69) is 30.9 Å². The quantitative estimate of drug-likeness (QED) is 0.632. The van der Waals surface area contributed by atoms with Crippen LogP contribution in [0, 0.1) is 11.8 Å². The third-order valence-electron chi connectivity index (χ3n) is 3.34. The van der Waals surface area contributed by atoms with Crippen LogP contribution in [0.1, 0.15) is 13.8 Å². The minimum atomic E-state index is 0.661. The van der Waals surface area contributed by atoms with Crippen LogP contribution in [-0.2, 0) is 4.74 Å². The third-order valence-corrected chi connectivity index (χ3v) is 3.34. The van der Waals surface area contributed by atoms with Gasteiger partial charge in [0.15, 0.2) is 0 Å². The SMILES string of the molecule is CC(C)C1CN(C)N(C2COC2)C1. The zero-order chi connectivity index (χ0) is 9.42. The summed E-state index contributed by atoms with van der Waals surface area (Å²) in [4.78, 5) is 0. The largest absolute Gasteiger partial charge is 0.378 e. The molecule has 2 saturated heterocycles. The Kier molecular flexibility index (Phi) is 2.58. The van der Waals surface area contributed by atoms with Gasteiger partial charge in [-0.05, 0) is 11.8 Å². The molecule has 0 saturated carbocycles. The van der Waals surface area contributed by atoms with Gasteiger partial charge in [-0.15, -0.1) is 0 Å². The zero-order valence-corrected chi connectivity index (χ0v) is 8.86. The molecule has 0 aliphatic carbocycles. The van der Waals surface area contributed by atoms with E-state index in [0.29, 0.717) is 6.04 Å². The smallest absolute Gasteiger partial charge is 0.0713 e. The van der Waals surface area contributed by atoms with Gasteiger partial charge in [-0.1, -0.05) is 13.8 Å². The second-order valence-corrected chi connectivity index (χ2v) is 4.66. The molecule has 13 heavy (non-hydrogen) atoms. The molecule has 2 rings (SSSR count). The van der Waals surface area contributed by atoms with Gasteiger partial charge in [-0.25, -0.2) is 10.0 Å². The molecule has 2 heterocycles. The van der Waals surface area contributed by atoms with Gasteiger partial charge in [0.25, 0.3) is 0 Å². The highest BCUT2D eigenvalue weighted by Gasteiger charge is 2.36. The van der Waals surface area contributed by atoms with E-state index in [-0.39, 0.29) is 0 Å². The summed E-state index contributed by atoms with van der Waals surface area (Å²) in [6.07, 6.45) is 0. The summed E-state index contributed by atoms with van der Waals surface area (Å²) in [6.45, 7) is 8.93. The molecule has 0 bridgehead atoms. The van der Waals surface area contributed by atoms with Crippen molar-refractivity contribution in [3.05, 3.63) is 0 Å². The Bertz CT molecular complexity index is 180. The van der Waals surface area contributed by atoms with E-state index in [1.807, 2.05) is 0 Å². The molecular weight excluding hydrogens is 164 g/mol. The fourth-order valence-electron chi connectivity index (χ4n) is 2.13. The molecule has 0 aromatic rings. The first kappa shape index (κ1) is 9.44. The van der Waals surface area contributed by atoms with E-state index in [1.165, 1.54) is 13.1 Å². The van der Waals surface area contributed by atoms with Crippen molar-refractivity contribution in [1.29, 1.82) is 0 Å². The Morgan fingerprint density at radius 3 is 2.31 bits per heavy atom. The molecule has 0 N–H and O–H groups in total. The lowest BCUT2D eigenvalue weighted by Gasteiger charge is -2.38. The van der Waals surface area contributed by atoms with Crippen LogP contribution in [0.3, 0.4) is 0 Å². The van der Waals surface area contributed by atoms with Crippen LogP contribution in [-0.4, -0.2) is 49.4 Å². The maximum absolute atomic E-state index is 5.22. The van der Waals surface area contributed by atoms with Crippen molar-refractivity contribution in [2.24, 2.45) is 11.8 Å². The Morgan fingerprint density at radius 1 is 1.23 bits per heavy atom. The van der Waals surface area contributed by atoms with E-state index >= 15 is 0 Å². The summed E-state index contributed by atoms with van der Waals surface area (Å²) in [5.41, 5.74) is 0. The number of hydrogen-bond donors (Lipinski definition) is 0. The van der Waals surface area contributed by atoms with Crippen LogP contribution in [0.15, 0.2) is 0 Å². The average molecular weight is 184 g/mol. The Morgan fingerprint density at radius 2 is 1.92 bits per heavy atom. The fourth-order valence-corrected chi connectivity index (χ4v) is 2.13. The molecular formula is C10H20N2O. The molecule has 76 valence electrons. The second kappa shape index (κ2) is 3.56. The average Bonchev–Trinajstić information content (AvgIpc) is 2.29. The van der Waals surface area contributed by atoms with Crippen LogP contribution in [0.25, 0.3) is 0 Å². The number of hydrazine groups is 1. The summed E-state index contributed by atoms with van der Waals surface area (Å²) in [6, 6.07) is 0.661. The molecule has 1 unspecified atom stereocenters. The predicted octanol–water partition coefficient (Wildman–Crippen LogP) is 0.820. The lowest BCUT2D eigenvalue weighted by Crippen LogP contribution is -2.52. The molecule has 2 fully saturated rings. The maximum Gasteiger partial charge on any atom is 0.0713 e. The second-order valence-electron chi connectivity index (χ2n) is 4.66. The van der Waals surface area contributed by atoms with Gasteiger partial charge in [-0.3, -0.25) is 0 Å². The van der Waals surface area contributed by atoms with Crippen LogP contribution in [0.5, 0.6) is 0 Å². The first-order chi connectivity index (χ1) is 6.18. The summed E-state index contributed by atoms with van der Waals surface area (Å²) >= 11 is 0. The Hall–Kier alpha value is -0.120. The van der Waals surface area contributed by atoms with Gasteiger partial charge < -0.3 is 4.74 Å². The van der Waals surface area contributed by atoms with Gasteiger partial charge in [0.05, 0.1) is 19.3 Å². The molecule has 0 spiro atoms. The first-order valence-electron chi connectivity index (χ1n) is 5.24. The molecule has 0 aromatic heterocycles. The molecule has 2 aliphatic heterocycles. The monoisotopic (exact) mass is 184 g/mol. The normalized spacial score (nSPS) is 32.8. The molecule has 3 nitrogen and oxygen atoms in total. The van der Waals surface area contributed by atoms with Gasteiger partial charge in [0, 0.05) is 20.1 Å². The van der Waals surface area contributed by atoms with Crippen molar-refractivity contribution in [2.45, 2.75) is 19.9 Å². The molecule has 0 radical (unpaired) electrons. The number of ether oxygens (including phenoxy) is 1. The zero-order valence-electron chi connectivity index (χ0n) is 8.86. The minimum absolute atomic E-state index is 0.661. The van der Waals surface area contributed by atoms with E-state index in [0.717, 1.165) is 25.0 Å². The maximum atomic E-state index is 5.22. The minimum Gasteiger partial charge on any atom is -0.378 e. The van der Waals surface area contributed by atoms with Crippen molar-refractivity contribution in [3.8, 4) is 0 Å². The van der Waals surface area contributed by atoms with Crippen LogP contribution in [0.4, 0.5) is 0 Å². The van der Waals surface area contributed by atoms with Crippen molar-refractivity contribution in [2.75, 3.05) is 33.4 Å². The molecule has 0 aromatic carbocycles. The van der Waals surface area contributed by atoms with Crippen LogP contribution >= 0.6 is 0 Å². The van der Waals surface area contributed by atoms with Gasteiger partial charge in [-0.2, -0.15) is 0 Å². The highest BCUT2D eigenvalue weighted by atomic mass is 16.5. The van der Waals surface area contributed by atoms with Gasteiger partial charge >= 0.3 is 0 Å². The lowest BCUT2D eigenvalue weighted by atomic mass is 9.97. The Labute approximate surface area is 80.6 Å². The summed E-state index contributed by atoms with van der Waals surface area (Å²) in [5, 5.41) is 4.85. The summed E-state index contributed by atoms with van der Waals surface area (Å²) in [5.74, 6) is 1.64. The Balaban J connectivity index is 1.91. The van der Waals surface area contributed by atoms with Crippen LogP contribution in [0.2, 0.25) is 0 Å². The molecule has 2 aliphatic rings. The van der Waals surface area contributed by atoms with Gasteiger partial charge in [0.1, 0.15) is 0 Å². The van der Waals surface area contributed by atoms with Crippen molar-refractivity contribution in [3.63, 3.8) is 0 Å². The van der Waals surface area contributed by atoms with Gasteiger partial charge in [0.2, 0.25) is 0 Å². The first-order valence-corrected chi connectivity index (χ1v) is 5.24. The van der Waals surface area contributed by atoms with Crippen molar-refractivity contribution < 1.29 is 4.74 Å². The molecule has 1 atom stereocenters. The lowest BCUT2D eigenvalue weighted by molar-refractivity contribution is -0.122. The summed E-state index contributed by atoms with van der Waals surface area (Å²) < 4.78 is 5.22. The third kappa shape index (κ3) is 1.73. The highest BCUT2D eigenvalue weighted by molar-refractivity contribution is 4.84. The van der Waals surface area contributed by atoms with E-state index in [9.17, 15) is 0 Å². The highest BCUT2D eigenvalue weighted by Crippen LogP contribution is 2.25. The summed E-state index contributed by atoms with van der Waals surface area (Å²) in [7, 11) is 2.20. The van der Waals surface area contributed by atoms with E-state index in [1.54, 1.807) is 0 Å². The van der Waals surface area contributed by atoms with Crippen molar-refractivity contribution >= 4 is 0 Å². The predicted molar refractivity (Wildman–Crippen MR) is 52.3 cm³/mol. The standard InChI is InChI=1S/C10H20N2O/c1-8(2)9-4-11(3)12(5-9)10-6-13-7-10/h8-10H,4-7H2,1-3H3. The number of rotatable bonds is 2. The number of hydrogen-bond acceptors (Lipinski definition) is 3. The molecule has 3 heteroatoms. The topological polar surface area (TPSA) is 15.7 Å². The van der Waals surface area contributed by atoms with Crippen molar-refractivity contribution in [1.82, 2.24) is 10.0 Å². The number of nitrogens with zero attached hydrogens (tertiary/aromatic N) is 2. The van der Waals surface area contributed by atoms with E-state index < -0.39 is 0 Å². The molecule has 0 amide bonds. The van der Waals surface area contributed by atoms with Crippen LogP contribution < -0.4 is 0 Å². The van der Waals surface area contributed by atoms with E-state index in [4.69, 9.17) is 4.74 Å².